The van der Waals surface area contributed by atoms with Crippen molar-refractivity contribution in [2.75, 3.05) is 0 Å². The lowest BCUT2D eigenvalue weighted by Gasteiger charge is -2.13. The zero-order chi connectivity index (χ0) is 13.1. The SMILES string of the molecule is Cc1ccc(CNC(C)c2ccc(C)s2)c(Cl)c1. The molecule has 0 saturated heterocycles. The molecule has 2 rings (SSSR count). The average molecular weight is 280 g/mol. The molecule has 0 aliphatic rings. The van der Waals surface area contributed by atoms with Crippen LogP contribution in [0, 0.1) is 13.8 Å². The Morgan fingerprint density at radius 1 is 1.22 bits per heavy atom. The number of aryl methyl sites for hydroxylation is 2. The first-order chi connectivity index (χ1) is 8.56. The van der Waals surface area contributed by atoms with E-state index >= 15 is 0 Å². The largest absolute Gasteiger partial charge is 0.305 e. The highest BCUT2D eigenvalue weighted by Gasteiger charge is 2.08. The first-order valence-corrected chi connectivity index (χ1v) is 7.30. The van der Waals surface area contributed by atoms with Crippen LogP contribution in [0.1, 0.15) is 33.8 Å². The molecular formula is C15H18ClNS. The van der Waals surface area contributed by atoms with Crippen LogP contribution >= 0.6 is 22.9 Å². The molecule has 1 nitrogen and oxygen atoms in total. The average Bonchev–Trinajstić information content (AvgIpc) is 2.74. The van der Waals surface area contributed by atoms with E-state index in [-0.39, 0.29) is 0 Å². The van der Waals surface area contributed by atoms with Crippen molar-refractivity contribution in [1.82, 2.24) is 5.32 Å². The molecule has 1 aromatic carbocycles. The number of nitrogens with one attached hydrogen (secondary N) is 1. The Morgan fingerprint density at radius 3 is 2.61 bits per heavy atom. The van der Waals surface area contributed by atoms with E-state index in [4.69, 9.17) is 11.6 Å². The number of hydrogen-bond acceptors (Lipinski definition) is 2. The highest BCUT2D eigenvalue weighted by molar-refractivity contribution is 7.12. The fourth-order valence-electron chi connectivity index (χ4n) is 1.85. The summed E-state index contributed by atoms with van der Waals surface area (Å²) in [6.45, 7) is 7.18. The van der Waals surface area contributed by atoms with Gasteiger partial charge in [0.25, 0.3) is 0 Å². The standard InChI is InChI=1S/C15H18ClNS/c1-10-4-6-13(14(16)8-10)9-17-12(3)15-7-5-11(2)18-15/h4-8,12,17H,9H2,1-3H3. The summed E-state index contributed by atoms with van der Waals surface area (Å²) in [5.74, 6) is 0. The Morgan fingerprint density at radius 2 is 2.00 bits per heavy atom. The summed E-state index contributed by atoms with van der Waals surface area (Å²) < 4.78 is 0. The van der Waals surface area contributed by atoms with Crippen molar-refractivity contribution in [3.8, 4) is 0 Å². The Kier molecular flexibility index (Phi) is 4.44. The first-order valence-electron chi connectivity index (χ1n) is 6.11. The van der Waals surface area contributed by atoms with Gasteiger partial charge in [-0.05, 0) is 50.1 Å². The quantitative estimate of drug-likeness (QED) is 0.842. The van der Waals surface area contributed by atoms with E-state index in [2.05, 4.69) is 50.4 Å². The molecule has 1 aromatic heterocycles. The molecule has 3 heteroatoms. The summed E-state index contributed by atoms with van der Waals surface area (Å²) in [6, 6.07) is 10.9. The van der Waals surface area contributed by atoms with E-state index in [1.54, 1.807) is 0 Å². The minimum Gasteiger partial charge on any atom is -0.305 e. The maximum atomic E-state index is 6.23. The van der Waals surface area contributed by atoms with Gasteiger partial charge in [0.2, 0.25) is 0 Å². The van der Waals surface area contributed by atoms with Gasteiger partial charge in [-0.15, -0.1) is 11.3 Å². The van der Waals surface area contributed by atoms with Crippen LogP contribution in [0.15, 0.2) is 30.3 Å². The van der Waals surface area contributed by atoms with Crippen molar-refractivity contribution >= 4 is 22.9 Å². The monoisotopic (exact) mass is 279 g/mol. The molecular weight excluding hydrogens is 262 g/mol. The van der Waals surface area contributed by atoms with Crippen LogP contribution in [0.3, 0.4) is 0 Å². The molecule has 0 aliphatic heterocycles. The molecule has 96 valence electrons. The lowest BCUT2D eigenvalue weighted by atomic mass is 10.1. The summed E-state index contributed by atoms with van der Waals surface area (Å²) >= 11 is 8.07. The van der Waals surface area contributed by atoms with Crippen molar-refractivity contribution in [2.24, 2.45) is 0 Å². The van der Waals surface area contributed by atoms with Gasteiger partial charge in [0.05, 0.1) is 0 Å². The Hall–Kier alpha value is -0.830. The predicted octanol–water partition coefficient (Wildman–Crippen LogP) is 4.87. The third-order valence-electron chi connectivity index (χ3n) is 3.00. The van der Waals surface area contributed by atoms with E-state index in [1.807, 2.05) is 17.4 Å². The van der Waals surface area contributed by atoms with Gasteiger partial charge in [-0.3, -0.25) is 0 Å². The molecule has 2 aromatic rings. The lowest BCUT2D eigenvalue weighted by molar-refractivity contribution is 0.583. The van der Waals surface area contributed by atoms with E-state index < -0.39 is 0 Å². The second kappa shape index (κ2) is 5.87. The zero-order valence-corrected chi connectivity index (χ0v) is 12.5. The van der Waals surface area contributed by atoms with Gasteiger partial charge >= 0.3 is 0 Å². The van der Waals surface area contributed by atoms with Crippen molar-refractivity contribution < 1.29 is 0 Å². The second-order valence-corrected chi connectivity index (χ2v) is 6.37. The van der Waals surface area contributed by atoms with Gasteiger partial charge in [-0.25, -0.2) is 0 Å². The molecule has 0 aliphatic carbocycles. The Balaban J connectivity index is 1.99. The van der Waals surface area contributed by atoms with E-state index in [0.29, 0.717) is 6.04 Å². The van der Waals surface area contributed by atoms with Gasteiger partial charge in [-0.2, -0.15) is 0 Å². The van der Waals surface area contributed by atoms with E-state index in [9.17, 15) is 0 Å². The van der Waals surface area contributed by atoms with Crippen LogP contribution in [-0.2, 0) is 6.54 Å². The molecule has 1 atom stereocenters. The minimum atomic E-state index is 0.362. The number of thiophene rings is 1. The highest BCUT2D eigenvalue weighted by atomic mass is 35.5. The maximum absolute atomic E-state index is 6.23. The van der Waals surface area contributed by atoms with Gasteiger partial charge in [0.15, 0.2) is 0 Å². The highest BCUT2D eigenvalue weighted by Crippen LogP contribution is 2.23. The molecule has 0 bridgehead atoms. The van der Waals surface area contributed by atoms with Crippen molar-refractivity contribution in [3.05, 3.63) is 56.2 Å². The third kappa shape index (κ3) is 3.35. The summed E-state index contributed by atoms with van der Waals surface area (Å²) in [5.41, 5.74) is 2.35. The van der Waals surface area contributed by atoms with Crippen molar-refractivity contribution in [1.29, 1.82) is 0 Å². The predicted molar refractivity (Wildman–Crippen MR) is 80.5 cm³/mol. The van der Waals surface area contributed by atoms with Gasteiger partial charge in [-0.1, -0.05) is 23.7 Å². The van der Waals surface area contributed by atoms with E-state index in [1.165, 1.54) is 15.3 Å². The van der Waals surface area contributed by atoms with Crippen LogP contribution < -0.4 is 5.32 Å². The number of hydrogen-bond donors (Lipinski definition) is 1. The summed E-state index contributed by atoms with van der Waals surface area (Å²) in [7, 11) is 0. The minimum absolute atomic E-state index is 0.362. The molecule has 0 amide bonds. The third-order valence-corrected chi connectivity index (χ3v) is 4.53. The van der Waals surface area contributed by atoms with Crippen LogP contribution in [0.2, 0.25) is 5.02 Å². The van der Waals surface area contributed by atoms with Gasteiger partial charge < -0.3 is 5.32 Å². The zero-order valence-electron chi connectivity index (χ0n) is 11.0. The number of rotatable bonds is 4. The second-order valence-electron chi connectivity index (χ2n) is 4.65. The molecule has 0 spiro atoms. The van der Waals surface area contributed by atoms with Crippen LogP contribution in [-0.4, -0.2) is 0 Å². The molecule has 1 heterocycles. The van der Waals surface area contributed by atoms with Gasteiger partial charge in [0.1, 0.15) is 0 Å². The number of benzene rings is 1. The smallest absolute Gasteiger partial charge is 0.0453 e. The molecule has 0 fully saturated rings. The Bertz CT molecular complexity index is 533. The van der Waals surface area contributed by atoms with E-state index in [0.717, 1.165) is 17.1 Å². The molecule has 0 radical (unpaired) electrons. The molecule has 0 saturated carbocycles. The summed E-state index contributed by atoms with van der Waals surface area (Å²) in [6.07, 6.45) is 0. The lowest BCUT2D eigenvalue weighted by Crippen LogP contribution is -2.17. The van der Waals surface area contributed by atoms with Crippen LogP contribution in [0.25, 0.3) is 0 Å². The Labute approximate surface area is 118 Å². The topological polar surface area (TPSA) is 12.0 Å². The van der Waals surface area contributed by atoms with Gasteiger partial charge in [0, 0.05) is 27.4 Å². The number of halogens is 1. The maximum Gasteiger partial charge on any atom is 0.0453 e. The fourth-order valence-corrected chi connectivity index (χ4v) is 3.05. The van der Waals surface area contributed by atoms with Crippen LogP contribution in [0.5, 0.6) is 0 Å². The summed E-state index contributed by atoms with van der Waals surface area (Å²) in [4.78, 5) is 2.72. The molecule has 1 N–H and O–H groups in total. The van der Waals surface area contributed by atoms with Crippen LogP contribution in [0.4, 0.5) is 0 Å². The summed E-state index contributed by atoms with van der Waals surface area (Å²) in [5, 5.41) is 4.36. The van der Waals surface area contributed by atoms with Crippen molar-refractivity contribution in [3.63, 3.8) is 0 Å². The van der Waals surface area contributed by atoms with Crippen molar-refractivity contribution in [2.45, 2.75) is 33.4 Å². The fraction of sp³-hybridized carbons (Fsp3) is 0.333. The molecule has 18 heavy (non-hydrogen) atoms. The first kappa shape index (κ1) is 13.6. The normalized spacial score (nSPS) is 12.7. The molecule has 1 unspecified atom stereocenters.